The van der Waals surface area contributed by atoms with Gasteiger partial charge in [0.25, 0.3) is 0 Å². The van der Waals surface area contributed by atoms with Gasteiger partial charge < -0.3 is 9.84 Å². The maximum atomic E-state index is 10.6. The largest absolute Gasteiger partial charge is 0.479 e. The minimum atomic E-state index is -1.23. The number of carboxylic acids is 1. The average Bonchev–Trinajstić information content (AvgIpc) is 2.20. The predicted octanol–water partition coefficient (Wildman–Crippen LogP) is 2.10. The van der Waals surface area contributed by atoms with Gasteiger partial charge in [-0.2, -0.15) is 0 Å². The van der Waals surface area contributed by atoms with Gasteiger partial charge in [-0.3, -0.25) is 10.1 Å². The molecular formula is C9H8ClNO5. The van der Waals surface area contributed by atoms with Crippen LogP contribution in [0, 0.1) is 10.1 Å². The van der Waals surface area contributed by atoms with Crippen LogP contribution >= 0.6 is 11.6 Å². The maximum absolute atomic E-state index is 10.6. The van der Waals surface area contributed by atoms with Crippen molar-refractivity contribution in [3.05, 3.63) is 33.3 Å². The summed E-state index contributed by atoms with van der Waals surface area (Å²) in [6.07, 6.45) is -1.21. The monoisotopic (exact) mass is 245 g/mol. The van der Waals surface area contributed by atoms with E-state index in [4.69, 9.17) is 21.4 Å². The molecule has 0 aliphatic rings. The van der Waals surface area contributed by atoms with Gasteiger partial charge >= 0.3 is 11.7 Å². The van der Waals surface area contributed by atoms with Crippen LogP contribution in [0.2, 0.25) is 5.02 Å². The number of carbonyl (C=O) groups is 1. The first-order chi connectivity index (χ1) is 7.43. The SMILES string of the molecule is CC(Oc1c(Cl)cccc1[N+](=O)[O-])C(=O)O. The van der Waals surface area contributed by atoms with Crippen molar-refractivity contribution < 1.29 is 19.6 Å². The number of rotatable bonds is 4. The molecule has 16 heavy (non-hydrogen) atoms. The van der Waals surface area contributed by atoms with E-state index in [2.05, 4.69) is 0 Å². The van der Waals surface area contributed by atoms with Crippen molar-refractivity contribution in [1.82, 2.24) is 0 Å². The van der Waals surface area contributed by atoms with Crippen molar-refractivity contribution in [3.63, 3.8) is 0 Å². The summed E-state index contributed by atoms with van der Waals surface area (Å²) in [6.45, 7) is 1.26. The molecule has 1 N–H and O–H groups in total. The van der Waals surface area contributed by atoms with E-state index in [9.17, 15) is 14.9 Å². The zero-order valence-corrected chi connectivity index (χ0v) is 8.97. The second kappa shape index (κ2) is 4.80. The maximum Gasteiger partial charge on any atom is 0.344 e. The molecule has 0 aromatic heterocycles. The van der Waals surface area contributed by atoms with Gasteiger partial charge in [-0.05, 0) is 13.0 Å². The molecule has 0 amide bonds. The van der Waals surface area contributed by atoms with E-state index in [0.717, 1.165) is 0 Å². The zero-order chi connectivity index (χ0) is 12.3. The zero-order valence-electron chi connectivity index (χ0n) is 8.21. The van der Waals surface area contributed by atoms with E-state index in [-0.39, 0.29) is 16.5 Å². The molecule has 6 nitrogen and oxygen atoms in total. The van der Waals surface area contributed by atoms with E-state index in [1.807, 2.05) is 0 Å². The Hall–Kier alpha value is -1.82. The van der Waals surface area contributed by atoms with Crippen LogP contribution in [0.25, 0.3) is 0 Å². The van der Waals surface area contributed by atoms with E-state index >= 15 is 0 Å². The number of benzene rings is 1. The highest BCUT2D eigenvalue weighted by atomic mass is 35.5. The first-order valence-electron chi connectivity index (χ1n) is 4.26. The number of ether oxygens (including phenoxy) is 1. The lowest BCUT2D eigenvalue weighted by molar-refractivity contribution is -0.386. The van der Waals surface area contributed by atoms with Gasteiger partial charge in [0, 0.05) is 6.07 Å². The molecule has 0 aliphatic carbocycles. The van der Waals surface area contributed by atoms with Gasteiger partial charge in [0.05, 0.1) is 9.95 Å². The first kappa shape index (κ1) is 12.3. The number of nitro benzene ring substituents is 1. The summed E-state index contributed by atoms with van der Waals surface area (Å²) in [5, 5.41) is 19.3. The summed E-state index contributed by atoms with van der Waals surface area (Å²) in [5.41, 5.74) is -0.361. The number of hydrogen-bond acceptors (Lipinski definition) is 4. The van der Waals surface area contributed by atoms with Crippen LogP contribution in [-0.4, -0.2) is 22.1 Å². The van der Waals surface area contributed by atoms with Gasteiger partial charge in [-0.25, -0.2) is 4.79 Å². The van der Waals surface area contributed by atoms with Crippen molar-refractivity contribution in [2.24, 2.45) is 0 Å². The number of carboxylic acid groups (broad SMARTS) is 1. The summed E-state index contributed by atoms with van der Waals surface area (Å²) < 4.78 is 4.93. The van der Waals surface area contributed by atoms with Crippen LogP contribution in [0.4, 0.5) is 5.69 Å². The van der Waals surface area contributed by atoms with Crippen LogP contribution in [0.5, 0.6) is 5.75 Å². The quantitative estimate of drug-likeness (QED) is 0.648. The van der Waals surface area contributed by atoms with Crippen LogP contribution < -0.4 is 4.74 Å². The standard InChI is InChI=1S/C9H8ClNO5/c1-5(9(12)13)16-8-6(10)3-2-4-7(8)11(14)15/h2-5H,1H3,(H,12,13). The lowest BCUT2D eigenvalue weighted by Crippen LogP contribution is -2.23. The molecule has 0 saturated carbocycles. The van der Waals surface area contributed by atoms with Gasteiger partial charge in [0.2, 0.25) is 5.75 Å². The van der Waals surface area contributed by atoms with E-state index in [0.29, 0.717) is 0 Å². The smallest absolute Gasteiger partial charge is 0.344 e. The number of nitro groups is 1. The topological polar surface area (TPSA) is 89.7 Å². The third-order valence-electron chi connectivity index (χ3n) is 1.79. The molecule has 86 valence electrons. The molecule has 1 rings (SSSR count). The van der Waals surface area contributed by atoms with Gasteiger partial charge in [-0.15, -0.1) is 0 Å². The summed E-state index contributed by atoms with van der Waals surface area (Å²) in [6, 6.07) is 3.97. The van der Waals surface area contributed by atoms with Crippen molar-refractivity contribution in [1.29, 1.82) is 0 Å². The molecule has 1 unspecified atom stereocenters. The minimum Gasteiger partial charge on any atom is -0.479 e. The van der Waals surface area contributed by atoms with Crippen molar-refractivity contribution in [2.45, 2.75) is 13.0 Å². The highest BCUT2D eigenvalue weighted by Crippen LogP contribution is 2.34. The number of hydrogen-bond donors (Lipinski definition) is 1. The van der Waals surface area contributed by atoms with Crippen LogP contribution in [0.15, 0.2) is 18.2 Å². The fourth-order valence-corrected chi connectivity index (χ4v) is 1.20. The molecule has 0 spiro atoms. The number of halogens is 1. The Morgan fingerprint density at radius 3 is 2.75 bits per heavy atom. The summed E-state index contributed by atoms with van der Waals surface area (Å²) in [5.74, 6) is -1.46. The number of nitrogens with zero attached hydrogens (tertiary/aromatic N) is 1. The summed E-state index contributed by atoms with van der Waals surface area (Å²) >= 11 is 5.70. The Labute approximate surface area is 95.6 Å². The first-order valence-corrected chi connectivity index (χ1v) is 4.63. The van der Waals surface area contributed by atoms with Crippen LogP contribution in [0.3, 0.4) is 0 Å². The molecule has 0 fully saturated rings. The molecular weight excluding hydrogens is 238 g/mol. The molecule has 0 bridgehead atoms. The lowest BCUT2D eigenvalue weighted by atomic mass is 10.3. The van der Waals surface area contributed by atoms with Crippen molar-refractivity contribution in [2.75, 3.05) is 0 Å². The summed E-state index contributed by atoms with van der Waals surface area (Å²) in [7, 11) is 0. The molecule has 1 atom stereocenters. The molecule has 1 aromatic rings. The Bertz CT molecular complexity index is 434. The molecule has 0 aliphatic heterocycles. The van der Waals surface area contributed by atoms with Gasteiger partial charge in [0.1, 0.15) is 0 Å². The Balaban J connectivity index is 3.11. The fraction of sp³-hybridized carbons (Fsp3) is 0.222. The third-order valence-corrected chi connectivity index (χ3v) is 2.08. The van der Waals surface area contributed by atoms with Gasteiger partial charge in [-0.1, -0.05) is 17.7 Å². The Kier molecular flexibility index (Phi) is 3.68. The fourth-order valence-electron chi connectivity index (χ4n) is 0.985. The number of aliphatic carboxylic acids is 1. The second-order valence-corrected chi connectivity index (χ2v) is 3.35. The average molecular weight is 246 g/mol. The summed E-state index contributed by atoms with van der Waals surface area (Å²) in [4.78, 5) is 20.5. The highest BCUT2D eigenvalue weighted by Gasteiger charge is 2.22. The van der Waals surface area contributed by atoms with E-state index < -0.39 is 17.0 Å². The molecule has 1 aromatic carbocycles. The van der Waals surface area contributed by atoms with E-state index in [1.165, 1.54) is 25.1 Å². The Morgan fingerprint density at radius 1 is 1.62 bits per heavy atom. The van der Waals surface area contributed by atoms with Crippen molar-refractivity contribution >= 4 is 23.3 Å². The third kappa shape index (κ3) is 2.60. The normalized spacial score (nSPS) is 11.9. The molecule has 0 radical (unpaired) electrons. The number of para-hydroxylation sites is 1. The highest BCUT2D eigenvalue weighted by molar-refractivity contribution is 6.32. The Morgan fingerprint density at radius 2 is 2.25 bits per heavy atom. The van der Waals surface area contributed by atoms with Crippen LogP contribution in [-0.2, 0) is 4.79 Å². The van der Waals surface area contributed by atoms with E-state index in [1.54, 1.807) is 0 Å². The minimum absolute atomic E-state index is 0.00213. The van der Waals surface area contributed by atoms with Gasteiger partial charge in [0.15, 0.2) is 6.10 Å². The molecule has 7 heteroatoms. The lowest BCUT2D eigenvalue weighted by Gasteiger charge is -2.11. The molecule has 0 heterocycles. The second-order valence-electron chi connectivity index (χ2n) is 2.94. The van der Waals surface area contributed by atoms with Crippen LogP contribution in [0.1, 0.15) is 6.92 Å². The molecule has 0 saturated heterocycles. The van der Waals surface area contributed by atoms with Crippen molar-refractivity contribution in [3.8, 4) is 5.75 Å². The predicted molar refractivity (Wildman–Crippen MR) is 55.8 cm³/mol.